The summed E-state index contributed by atoms with van der Waals surface area (Å²) in [6.07, 6.45) is 0.710. The zero-order valence-corrected chi connectivity index (χ0v) is 10.3. The summed E-state index contributed by atoms with van der Waals surface area (Å²) in [5, 5.41) is 4.58. The van der Waals surface area contributed by atoms with Gasteiger partial charge in [0.05, 0.1) is 0 Å². The predicted octanol–water partition coefficient (Wildman–Crippen LogP) is 3.00. The van der Waals surface area contributed by atoms with Crippen molar-refractivity contribution in [3.05, 3.63) is 57.8 Å². The van der Waals surface area contributed by atoms with E-state index >= 15 is 0 Å². The molecule has 0 aliphatic carbocycles. The molecule has 0 aliphatic rings. The fraction of sp³-hybridized carbons (Fsp3) is 0.154. The van der Waals surface area contributed by atoms with Crippen LogP contribution >= 0.6 is 11.3 Å². The van der Waals surface area contributed by atoms with Gasteiger partial charge in [0.25, 0.3) is 5.91 Å². The van der Waals surface area contributed by atoms with Gasteiger partial charge in [-0.3, -0.25) is 4.79 Å². The number of hydrogen-bond acceptors (Lipinski definition) is 2. The monoisotopic (exact) mass is 267 g/mol. The van der Waals surface area contributed by atoms with Crippen LogP contribution in [0.2, 0.25) is 0 Å². The molecule has 18 heavy (non-hydrogen) atoms. The largest absolute Gasteiger partial charge is 0.352 e. The Hall–Kier alpha value is -1.75. The second-order valence-electron chi connectivity index (χ2n) is 3.74. The van der Waals surface area contributed by atoms with Gasteiger partial charge in [-0.1, -0.05) is 6.07 Å². The summed E-state index contributed by atoms with van der Waals surface area (Å²) in [6, 6.07) is 6.68. The average Bonchev–Trinajstić information content (AvgIpc) is 2.80. The highest BCUT2D eigenvalue weighted by molar-refractivity contribution is 7.09. The van der Waals surface area contributed by atoms with Gasteiger partial charge in [0.15, 0.2) is 0 Å². The Morgan fingerprint density at radius 1 is 1.22 bits per heavy atom. The second kappa shape index (κ2) is 5.73. The molecule has 5 heteroatoms. The summed E-state index contributed by atoms with van der Waals surface area (Å²) in [5.41, 5.74) is -0.00122. The molecule has 0 saturated carbocycles. The molecule has 1 aromatic carbocycles. The van der Waals surface area contributed by atoms with E-state index in [1.165, 1.54) is 0 Å². The first-order chi connectivity index (χ1) is 8.65. The molecule has 1 heterocycles. The van der Waals surface area contributed by atoms with E-state index in [1.807, 2.05) is 17.5 Å². The zero-order valence-electron chi connectivity index (χ0n) is 9.45. The number of carbonyl (C=O) groups excluding carboxylic acids is 1. The van der Waals surface area contributed by atoms with E-state index in [0.29, 0.717) is 13.0 Å². The number of halogens is 2. The van der Waals surface area contributed by atoms with Crippen LogP contribution < -0.4 is 5.32 Å². The van der Waals surface area contributed by atoms with Gasteiger partial charge in [-0.25, -0.2) is 8.78 Å². The summed E-state index contributed by atoms with van der Waals surface area (Å²) in [7, 11) is 0. The van der Waals surface area contributed by atoms with Crippen LogP contribution in [-0.4, -0.2) is 12.5 Å². The maximum absolute atomic E-state index is 12.9. The number of benzene rings is 1. The molecule has 1 aromatic heterocycles. The van der Waals surface area contributed by atoms with E-state index in [-0.39, 0.29) is 5.56 Å². The van der Waals surface area contributed by atoms with Crippen LogP contribution in [0.1, 0.15) is 15.2 Å². The molecule has 0 bridgehead atoms. The average molecular weight is 267 g/mol. The number of thiophene rings is 1. The summed E-state index contributed by atoms with van der Waals surface area (Å²) in [4.78, 5) is 12.8. The van der Waals surface area contributed by atoms with Crippen molar-refractivity contribution in [1.82, 2.24) is 5.32 Å². The first-order valence-electron chi connectivity index (χ1n) is 5.42. The van der Waals surface area contributed by atoms with E-state index in [2.05, 4.69) is 5.32 Å². The minimum Gasteiger partial charge on any atom is -0.352 e. The Morgan fingerprint density at radius 2 is 1.94 bits per heavy atom. The lowest BCUT2D eigenvalue weighted by Gasteiger charge is -2.04. The summed E-state index contributed by atoms with van der Waals surface area (Å²) in [6.45, 7) is 0.442. The van der Waals surface area contributed by atoms with Gasteiger partial charge in [-0.15, -0.1) is 11.3 Å². The molecule has 0 fully saturated rings. The molecular weight excluding hydrogens is 256 g/mol. The molecule has 0 atom stereocenters. The number of hydrogen-bond donors (Lipinski definition) is 1. The Morgan fingerprint density at radius 3 is 2.56 bits per heavy atom. The third-order valence-electron chi connectivity index (χ3n) is 2.36. The first-order valence-corrected chi connectivity index (χ1v) is 6.30. The van der Waals surface area contributed by atoms with Crippen molar-refractivity contribution in [1.29, 1.82) is 0 Å². The van der Waals surface area contributed by atoms with Crippen molar-refractivity contribution in [2.75, 3.05) is 6.54 Å². The van der Waals surface area contributed by atoms with Gasteiger partial charge in [-0.05, 0) is 30.0 Å². The number of amides is 1. The lowest BCUT2D eigenvalue weighted by Crippen LogP contribution is -2.25. The Bertz CT molecular complexity index is 520. The van der Waals surface area contributed by atoms with Crippen LogP contribution in [0.5, 0.6) is 0 Å². The number of rotatable bonds is 4. The van der Waals surface area contributed by atoms with Crippen LogP contribution in [0.25, 0.3) is 0 Å². The van der Waals surface area contributed by atoms with E-state index in [9.17, 15) is 13.6 Å². The third-order valence-corrected chi connectivity index (χ3v) is 3.30. The lowest BCUT2D eigenvalue weighted by atomic mass is 10.2. The quantitative estimate of drug-likeness (QED) is 0.906. The fourth-order valence-corrected chi connectivity index (χ4v) is 2.25. The van der Waals surface area contributed by atoms with Gasteiger partial charge < -0.3 is 5.32 Å². The molecule has 1 N–H and O–H groups in total. The Kier molecular flexibility index (Phi) is 4.04. The van der Waals surface area contributed by atoms with Crippen molar-refractivity contribution in [2.24, 2.45) is 0 Å². The SMILES string of the molecule is O=C(NCCc1cccs1)c1cc(F)cc(F)c1. The van der Waals surface area contributed by atoms with Gasteiger partial charge in [0.1, 0.15) is 11.6 Å². The van der Waals surface area contributed by atoms with E-state index in [1.54, 1.807) is 11.3 Å². The van der Waals surface area contributed by atoms with Gasteiger partial charge >= 0.3 is 0 Å². The zero-order chi connectivity index (χ0) is 13.0. The van der Waals surface area contributed by atoms with E-state index in [0.717, 1.165) is 23.1 Å². The third kappa shape index (κ3) is 3.37. The number of carbonyl (C=O) groups is 1. The minimum atomic E-state index is -0.751. The molecule has 2 rings (SSSR count). The normalized spacial score (nSPS) is 10.3. The van der Waals surface area contributed by atoms with Crippen molar-refractivity contribution in [3.8, 4) is 0 Å². The summed E-state index contributed by atoms with van der Waals surface area (Å²) in [5.74, 6) is -1.97. The van der Waals surface area contributed by atoms with Crippen LogP contribution in [0, 0.1) is 11.6 Å². The van der Waals surface area contributed by atoms with E-state index in [4.69, 9.17) is 0 Å². The molecule has 2 nitrogen and oxygen atoms in total. The first kappa shape index (κ1) is 12.7. The van der Waals surface area contributed by atoms with Crippen molar-refractivity contribution in [2.45, 2.75) is 6.42 Å². The molecule has 94 valence electrons. The molecule has 1 amide bonds. The Labute approximate surface area is 107 Å². The standard InChI is InChI=1S/C13H11F2NOS/c14-10-6-9(7-11(15)8-10)13(17)16-4-3-12-2-1-5-18-12/h1-2,5-8H,3-4H2,(H,16,17). The predicted molar refractivity (Wildman–Crippen MR) is 66.7 cm³/mol. The molecule has 2 aromatic rings. The van der Waals surface area contributed by atoms with Crippen molar-refractivity contribution in [3.63, 3.8) is 0 Å². The molecule has 0 aliphatic heterocycles. The molecule has 0 saturated heterocycles. The molecule has 0 radical (unpaired) electrons. The highest BCUT2D eigenvalue weighted by atomic mass is 32.1. The molecule has 0 spiro atoms. The lowest BCUT2D eigenvalue weighted by molar-refractivity contribution is 0.0953. The van der Waals surface area contributed by atoms with Crippen LogP contribution in [0.3, 0.4) is 0 Å². The van der Waals surface area contributed by atoms with Gasteiger partial charge in [-0.2, -0.15) is 0 Å². The van der Waals surface area contributed by atoms with Crippen LogP contribution in [-0.2, 0) is 6.42 Å². The molecular formula is C13H11F2NOS. The molecule has 0 unspecified atom stereocenters. The fourth-order valence-electron chi connectivity index (χ4n) is 1.54. The smallest absolute Gasteiger partial charge is 0.251 e. The summed E-state index contributed by atoms with van der Waals surface area (Å²) >= 11 is 1.60. The van der Waals surface area contributed by atoms with Crippen LogP contribution in [0.4, 0.5) is 8.78 Å². The van der Waals surface area contributed by atoms with Crippen molar-refractivity contribution < 1.29 is 13.6 Å². The van der Waals surface area contributed by atoms with Crippen molar-refractivity contribution >= 4 is 17.2 Å². The highest BCUT2D eigenvalue weighted by Crippen LogP contribution is 2.09. The van der Waals surface area contributed by atoms with Gasteiger partial charge in [0, 0.05) is 23.1 Å². The maximum Gasteiger partial charge on any atom is 0.251 e. The number of nitrogens with one attached hydrogen (secondary N) is 1. The summed E-state index contributed by atoms with van der Waals surface area (Å²) < 4.78 is 25.8. The highest BCUT2D eigenvalue weighted by Gasteiger charge is 2.08. The minimum absolute atomic E-state index is 0.00122. The van der Waals surface area contributed by atoms with Gasteiger partial charge in [0.2, 0.25) is 0 Å². The Balaban J connectivity index is 1.91. The topological polar surface area (TPSA) is 29.1 Å². The second-order valence-corrected chi connectivity index (χ2v) is 4.78. The van der Waals surface area contributed by atoms with Crippen LogP contribution in [0.15, 0.2) is 35.7 Å². The maximum atomic E-state index is 12.9. The van der Waals surface area contributed by atoms with E-state index < -0.39 is 17.5 Å².